The largest absolute Gasteiger partial charge is 0.497 e. The zero-order chi connectivity index (χ0) is 13.8. The molecule has 2 rings (SSSR count). The highest BCUT2D eigenvalue weighted by molar-refractivity contribution is 9.10. The summed E-state index contributed by atoms with van der Waals surface area (Å²) in [5.41, 5.74) is 7.02. The Morgan fingerprint density at radius 1 is 1.16 bits per heavy atom. The molecule has 0 unspecified atom stereocenters. The van der Waals surface area contributed by atoms with Crippen LogP contribution in [0.5, 0.6) is 5.75 Å². The number of halogens is 1. The lowest BCUT2D eigenvalue weighted by molar-refractivity contribution is 0.413. The molecular formula is C15H16BrNOS. The second kappa shape index (κ2) is 6.46. The number of benzene rings is 2. The molecule has 2 nitrogen and oxygen atoms in total. The summed E-state index contributed by atoms with van der Waals surface area (Å²) in [6.07, 6.45) is 0. The van der Waals surface area contributed by atoms with Gasteiger partial charge in [-0.3, -0.25) is 0 Å². The molecule has 0 fully saturated rings. The average Bonchev–Trinajstić information content (AvgIpc) is 2.38. The van der Waals surface area contributed by atoms with E-state index in [1.54, 1.807) is 18.9 Å². The number of hydrogen-bond donors (Lipinski definition) is 1. The van der Waals surface area contributed by atoms with Crippen LogP contribution in [0, 0.1) is 0 Å². The first-order chi connectivity index (χ1) is 9.10. The second-order valence-corrected chi connectivity index (χ2v) is 6.25. The fourth-order valence-electron chi connectivity index (χ4n) is 1.74. The molecule has 0 spiro atoms. The van der Waals surface area contributed by atoms with E-state index in [1.807, 2.05) is 25.1 Å². The SMILES string of the molecule is COc1cccc(Sc2ccc([C@H](C)N)c(Br)c2)c1. The Kier molecular flexibility index (Phi) is 4.91. The van der Waals surface area contributed by atoms with Crippen LogP contribution in [0.2, 0.25) is 0 Å². The quantitative estimate of drug-likeness (QED) is 0.883. The summed E-state index contributed by atoms with van der Waals surface area (Å²) in [7, 11) is 1.68. The van der Waals surface area contributed by atoms with Gasteiger partial charge in [0.15, 0.2) is 0 Å². The van der Waals surface area contributed by atoms with Crippen molar-refractivity contribution in [1.82, 2.24) is 0 Å². The molecule has 2 aromatic rings. The van der Waals surface area contributed by atoms with Gasteiger partial charge in [-0.25, -0.2) is 0 Å². The number of hydrogen-bond acceptors (Lipinski definition) is 3. The average molecular weight is 338 g/mol. The van der Waals surface area contributed by atoms with Crippen molar-refractivity contribution < 1.29 is 4.74 Å². The van der Waals surface area contributed by atoms with Crippen molar-refractivity contribution in [3.05, 3.63) is 52.5 Å². The van der Waals surface area contributed by atoms with Crippen molar-refractivity contribution in [2.75, 3.05) is 7.11 Å². The van der Waals surface area contributed by atoms with Gasteiger partial charge in [0.05, 0.1) is 7.11 Å². The first-order valence-electron chi connectivity index (χ1n) is 5.97. The predicted molar refractivity (Wildman–Crippen MR) is 83.9 cm³/mol. The maximum absolute atomic E-state index is 5.90. The van der Waals surface area contributed by atoms with Gasteiger partial charge in [0, 0.05) is 20.3 Å². The van der Waals surface area contributed by atoms with Crippen LogP contribution in [0.4, 0.5) is 0 Å². The van der Waals surface area contributed by atoms with Crippen LogP contribution < -0.4 is 10.5 Å². The fourth-order valence-corrected chi connectivity index (χ4v) is 3.54. The van der Waals surface area contributed by atoms with Crippen molar-refractivity contribution in [1.29, 1.82) is 0 Å². The van der Waals surface area contributed by atoms with E-state index in [2.05, 4.69) is 40.2 Å². The van der Waals surface area contributed by atoms with E-state index in [9.17, 15) is 0 Å². The van der Waals surface area contributed by atoms with Crippen molar-refractivity contribution in [2.45, 2.75) is 22.8 Å². The van der Waals surface area contributed by atoms with Gasteiger partial charge in [0.1, 0.15) is 5.75 Å². The van der Waals surface area contributed by atoms with Crippen molar-refractivity contribution in [3.63, 3.8) is 0 Å². The molecule has 0 saturated carbocycles. The molecule has 2 aromatic carbocycles. The minimum Gasteiger partial charge on any atom is -0.497 e. The summed E-state index contributed by atoms with van der Waals surface area (Å²) in [5, 5.41) is 0. The minimum atomic E-state index is 0.0326. The van der Waals surface area contributed by atoms with E-state index in [0.717, 1.165) is 20.7 Å². The molecule has 0 heterocycles. The van der Waals surface area contributed by atoms with Crippen molar-refractivity contribution in [3.8, 4) is 5.75 Å². The molecule has 1 atom stereocenters. The Labute approximate surface area is 126 Å². The summed E-state index contributed by atoms with van der Waals surface area (Å²) in [5.74, 6) is 0.872. The lowest BCUT2D eigenvalue weighted by atomic mass is 10.1. The summed E-state index contributed by atoms with van der Waals surface area (Å²) in [6.45, 7) is 1.98. The van der Waals surface area contributed by atoms with E-state index in [1.165, 1.54) is 4.90 Å². The van der Waals surface area contributed by atoms with Gasteiger partial charge < -0.3 is 10.5 Å². The Morgan fingerprint density at radius 3 is 2.53 bits per heavy atom. The smallest absolute Gasteiger partial charge is 0.119 e. The summed E-state index contributed by atoms with van der Waals surface area (Å²) in [4.78, 5) is 2.32. The highest BCUT2D eigenvalue weighted by Crippen LogP contribution is 2.33. The molecule has 0 amide bonds. The highest BCUT2D eigenvalue weighted by Gasteiger charge is 2.07. The lowest BCUT2D eigenvalue weighted by Crippen LogP contribution is -2.05. The molecule has 0 aliphatic carbocycles. The summed E-state index contributed by atoms with van der Waals surface area (Å²) >= 11 is 5.27. The maximum atomic E-state index is 5.90. The standard InChI is InChI=1S/C15H16BrNOS/c1-10(17)14-7-6-13(9-15(14)16)19-12-5-3-4-11(8-12)18-2/h3-10H,17H2,1-2H3/t10-/m0/s1. The summed E-state index contributed by atoms with van der Waals surface area (Å²) < 4.78 is 6.28. The molecule has 0 aliphatic rings. The highest BCUT2D eigenvalue weighted by atomic mass is 79.9. The maximum Gasteiger partial charge on any atom is 0.119 e. The third-order valence-electron chi connectivity index (χ3n) is 2.74. The van der Waals surface area contributed by atoms with Gasteiger partial charge in [0.25, 0.3) is 0 Å². The van der Waals surface area contributed by atoms with E-state index in [-0.39, 0.29) is 6.04 Å². The summed E-state index contributed by atoms with van der Waals surface area (Å²) in [6, 6.07) is 14.3. The van der Waals surface area contributed by atoms with Gasteiger partial charge in [0.2, 0.25) is 0 Å². The van der Waals surface area contributed by atoms with Crippen molar-refractivity contribution >= 4 is 27.7 Å². The molecule has 0 aliphatic heterocycles. The van der Waals surface area contributed by atoms with Crippen LogP contribution in [0.25, 0.3) is 0 Å². The molecule has 100 valence electrons. The third-order valence-corrected chi connectivity index (χ3v) is 4.41. The number of ether oxygens (including phenoxy) is 1. The molecule has 19 heavy (non-hydrogen) atoms. The zero-order valence-electron chi connectivity index (χ0n) is 10.9. The van der Waals surface area contributed by atoms with Gasteiger partial charge >= 0.3 is 0 Å². The van der Waals surface area contributed by atoms with Crippen LogP contribution in [0.15, 0.2) is 56.7 Å². The van der Waals surface area contributed by atoms with E-state index in [0.29, 0.717) is 0 Å². The van der Waals surface area contributed by atoms with E-state index < -0.39 is 0 Å². The molecule has 0 saturated heterocycles. The number of rotatable bonds is 4. The van der Waals surface area contributed by atoms with Gasteiger partial charge in [-0.2, -0.15) is 0 Å². The molecule has 0 bridgehead atoms. The van der Waals surface area contributed by atoms with Crippen LogP contribution in [-0.4, -0.2) is 7.11 Å². The monoisotopic (exact) mass is 337 g/mol. The fraction of sp³-hybridized carbons (Fsp3) is 0.200. The molecule has 0 radical (unpaired) electrons. The first kappa shape index (κ1) is 14.4. The van der Waals surface area contributed by atoms with Crippen LogP contribution in [0.1, 0.15) is 18.5 Å². The van der Waals surface area contributed by atoms with Crippen molar-refractivity contribution in [2.24, 2.45) is 5.73 Å². The first-order valence-corrected chi connectivity index (χ1v) is 7.58. The van der Waals surface area contributed by atoms with Crippen LogP contribution in [0.3, 0.4) is 0 Å². The number of methoxy groups -OCH3 is 1. The Hall–Kier alpha value is -0.970. The zero-order valence-corrected chi connectivity index (χ0v) is 13.3. The topological polar surface area (TPSA) is 35.2 Å². The minimum absolute atomic E-state index is 0.0326. The molecular weight excluding hydrogens is 322 g/mol. The third kappa shape index (κ3) is 3.75. The number of nitrogens with two attached hydrogens (primary N) is 1. The Bertz CT molecular complexity index is 572. The normalized spacial score (nSPS) is 12.2. The Balaban J connectivity index is 2.21. The van der Waals surface area contributed by atoms with Gasteiger partial charge in [-0.1, -0.05) is 39.8 Å². The van der Waals surface area contributed by atoms with Crippen LogP contribution >= 0.6 is 27.7 Å². The van der Waals surface area contributed by atoms with Gasteiger partial charge in [-0.15, -0.1) is 0 Å². The molecule has 4 heteroatoms. The predicted octanol–water partition coefficient (Wildman–Crippen LogP) is 4.63. The lowest BCUT2D eigenvalue weighted by Gasteiger charge is -2.10. The van der Waals surface area contributed by atoms with E-state index >= 15 is 0 Å². The van der Waals surface area contributed by atoms with Crippen LogP contribution in [-0.2, 0) is 0 Å². The Morgan fingerprint density at radius 2 is 1.89 bits per heavy atom. The van der Waals surface area contributed by atoms with E-state index in [4.69, 9.17) is 10.5 Å². The second-order valence-electron chi connectivity index (χ2n) is 4.25. The molecule has 2 N–H and O–H groups in total. The van der Waals surface area contributed by atoms with Gasteiger partial charge in [-0.05, 0) is 42.8 Å². The molecule has 0 aromatic heterocycles.